The molecule has 1 saturated heterocycles. The molecule has 2 aromatic rings. The summed E-state index contributed by atoms with van der Waals surface area (Å²) >= 11 is 5.99. The van der Waals surface area contributed by atoms with Crippen LogP contribution in [0.2, 0.25) is 5.02 Å². The van der Waals surface area contributed by atoms with Crippen LogP contribution in [0.1, 0.15) is 23.2 Å². The Labute approximate surface area is 210 Å². The van der Waals surface area contributed by atoms with Crippen LogP contribution in [0.3, 0.4) is 0 Å². The van der Waals surface area contributed by atoms with E-state index in [0.29, 0.717) is 61.1 Å². The fraction of sp³-hybridized carbons (Fsp3) is 0.400. The minimum absolute atomic E-state index is 0.130. The highest BCUT2D eigenvalue weighted by molar-refractivity contribution is 6.30. The summed E-state index contributed by atoms with van der Waals surface area (Å²) in [5.41, 5.74) is 1.05. The van der Waals surface area contributed by atoms with E-state index in [1.807, 2.05) is 0 Å². The van der Waals surface area contributed by atoms with Crippen LogP contribution in [-0.4, -0.2) is 69.2 Å². The lowest BCUT2D eigenvalue weighted by Gasteiger charge is -2.35. The molecule has 0 aliphatic carbocycles. The van der Waals surface area contributed by atoms with Gasteiger partial charge in [-0.25, -0.2) is 4.79 Å². The molecule has 1 aliphatic rings. The molecule has 0 radical (unpaired) electrons. The Morgan fingerprint density at radius 3 is 2.43 bits per heavy atom. The Kier molecular flexibility index (Phi) is 9.75. The van der Waals surface area contributed by atoms with E-state index in [2.05, 4.69) is 16.0 Å². The quantitative estimate of drug-likeness (QED) is 0.456. The number of hydrogen-bond donors (Lipinski definition) is 3. The fourth-order valence-corrected chi connectivity index (χ4v) is 4.15. The molecule has 0 bridgehead atoms. The van der Waals surface area contributed by atoms with E-state index < -0.39 is 6.04 Å². The molecular weight excluding hydrogens is 472 g/mol. The molecule has 1 atom stereocenters. The summed E-state index contributed by atoms with van der Waals surface area (Å²) in [6.07, 6.45) is 1.13. The molecule has 0 aromatic heterocycles. The number of piperidine rings is 1. The molecule has 3 N–H and O–H groups in total. The van der Waals surface area contributed by atoms with Crippen LogP contribution in [-0.2, 0) is 9.53 Å². The summed E-state index contributed by atoms with van der Waals surface area (Å²) in [7, 11) is 3.11. The number of carbonyl (C=O) groups is 3. The number of hydrogen-bond acceptors (Lipinski definition) is 5. The van der Waals surface area contributed by atoms with Crippen LogP contribution < -0.4 is 20.7 Å². The molecule has 4 amide bonds. The fourth-order valence-electron chi connectivity index (χ4n) is 3.96. The van der Waals surface area contributed by atoms with Gasteiger partial charge in [-0.1, -0.05) is 17.7 Å². The first kappa shape index (κ1) is 26.3. The zero-order valence-corrected chi connectivity index (χ0v) is 20.6. The lowest BCUT2D eigenvalue weighted by molar-refractivity contribution is -0.124. The van der Waals surface area contributed by atoms with Crippen molar-refractivity contribution in [1.29, 1.82) is 0 Å². The van der Waals surface area contributed by atoms with E-state index in [9.17, 15) is 14.4 Å². The van der Waals surface area contributed by atoms with Crippen LogP contribution in [0.15, 0.2) is 48.5 Å². The van der Waals surface area contributed by atoms with Crippen molar-refractivity contribution in [3.8, 4) is 5.75 Å². The van der Waals surface area contributed by atoms with Crippen molar-refractivity contribution in [3.05, 3.63) is 59.1 Å². The number of amides is 4. The van der Waals surface area contributed by atoms with Gasteiger partial charge >= 0.3 is 6.03 Å². The van der Waals surface area contributed by atoms with Crippen molar-refractivity contribution < 1.29 is 23.9 Å². The summed E-state index contributed by atoms with van der Waals surface area (Å²) in [6, 6.07) is 12.7. The minimum atomic E-state index is -0.736. The van der Waals surface area contributed by atoms with Crippen molar-refractivity contribution in [3.63, 3.8) is 0 Å². The van der Waals surface area contributed by atoms with Gasteiger partial charge in [-0.05, 0) is 61.2 Å². The van der Waals surface area contributed by atoms with Crippen LogP contribution in [0.5, 0.6) is 5.75 Å². The van der Waals surface area contributed by atoms with E-state index in [1.165, 1.54) is 0 Å². The summed E-state index contributed by atoms with van der Waals surface area (Å²) in [4.78, 5) is 40.2. The lowest BCUT2D eigenvalue weighted by Crippen LogP contribution is -2.54. The number of nitrogens with zero attached hydrogens (tertiary/aromatic N) is 1. The Morgan fingerprint density at radius 2 is 1.80 bits per heavy atom. The van der Waals surface area contributed by atoms with Gasteiger partial charge in [0.2, 0.25) is 5.91 Å². The molecule has 2 aromatic carbocycles. The van der Waals surface area contributed by atoms with Gasteiger partial charge in [-0.15, -0.1) is 0 Å². The summed E-state index contributed by atoms with van der Waals surface area (Å²) in [6.45, 7) is 1.62. The third-order valence-electron chi connectivity index (χ3n) is 5.90. The smallest absolute Gasteiger partial charge is 0.321 e. The van der Waals surface area contributed by atoms with Crippen molar-refractivity contribution in [2.45, 2.75) is 18.9 Å². The molecule has 0 spiro atoms. The van der Waals surface area contributed by atoms with Gasteiger partial charge in [0.05, 0.1) is 13.7 Å². The van der Waals surface area contributed by atoms with E-state index in [0.717, 1.165) is 0 Å². The topological polar surface area (TPSA) is 109 Å². The summed E-state index contributed by atoms with van der Waals surface area (Å²) < 4.78 is 10.2. The van der Waals surface area contributed by atoms with E-state index in [4.69, 9.17) is 21.1 Å². The molecule has 1 unspecified atom stereocenters. The highest BCUT2D eigenvalue weighted by Gasteiger charge is 2.34. The molecule has 35 heavy (non-hydrogen) atoms. The molecule has 188 valence electrons. The molecular formula is C25H31ClN4O5. The predicted molar refractivity (Wildman–Crippen MR) is 134 cm³/mol. The second-order valence-electron chi connectivity index (χ2n) is 8.23. The van der Waals surface area contributed by atoms with Crippen LogP contribution in [0.25, 0.3) is 0 Å². The van der Waals surface area contributed by atoms with Crippen molar-refractivity contribution >= 4 is 35.1 Å². The summed E-state index contributed by atoms with van der Waals surface area (Å²) in [5, 5.41) is 9.10. The average Bonchev–Trinajstić information content (AvgIpc) is 2.87. The van der Waals surface area contributed by atoms with Crippen LogP contribution in [0, 0.1) is 5.92 Å². The SMILES string of the molecule is COCCNC(=O)C(NC(=O)c1ccc(OC)cc1)C1CCN(C(=O)Nc2cccc(Cl)c2)CC1. The van der Waals surface area contributed by atoms with Gasteiger partial charge in [-0.3, -0.25) is 9.59 Å². The van der Waals surface area contributed by atoms with Crippen LogP contribution >= 0.6 is 11.6 Å². The molecule has 10 heteroatoms. The highest BCUT2D eigenvalue weighted by Crippen LogP contribution is 2.23. The van der Waals surface area contributed by atoms with Crippen molar-refractivity contribution in [2.75, 3.05) is 45.8 Å². The Hall–Kier alpha value is -3.30. The molecule has 1 aliphatic heterocycles. The van der Waals surface area contributed by atoms with Gasteiger partial charge in [0.25, 0.3) is 5.91 Å². The third kappa shape index (κ3) is 7.60. The molecule has 1 fully saturated rings. The van der Waals surface area contributed by atoms with Gasteiger partial charge < -0.3 is 30.3 Å². The lowest BCUT2D eigenvalue weighted by atomic mass is 9.88. The number of anilines is 1. The Bertz CT molecular complexity index is 1010. The van der Waals surface area contributed by atoms with Gasteiger partial charge in [0.1, 0.15) is 11.8 Å². The number of rotatable bonds is 9. The third-order valence-corrected chi connectivity index (χ3v) is 6.14. The molecule has 3 rings (SSSR count). The zero-order chi connectivity index (χ0) is 25.2. The maximum Gasteiger partial charge on any atom is 0.321 e. The largest absolute Gasteiger partial charge is 0.497 e. The second-order valence-corrected chi connectivity index (χ2v) is 8.66. The van der Waals surface area contributed by atoms with Gasteiger partial charge in [-0.2, -0.15) is 0 Å². The number of carbonyl (C=O) groups excluding carboxylic acids is 3. The summed E-state index contributed by atoms with van der Waals surface area (Å²) in [5.74, 6) is -0.111. The Morgan fingerprint density at radius 1 is 1.09 bits per heavy atom. The standard InChI is InChI=1S/C25H31ClN4O5/c1-34-15-12-27-24(32)22(29-23(31)18-6-8-21(35-2)9-7-18)17-10-13-30(14-11-17)25(33)28-20-5-3-4-19(26)16-20/h3-9,16-17,22H,10-15H2,1-2H3,(H,27,32)(H,28,33)(H,29,31). The number of nitrogens with one attached hydrogen (secondary N) is 3. The number of urea groups is 1. The maximum absolute atomic E-state index is 13.0. The molecule has 0 saturated carbocycles. The number of likely N-dealkylation sites (tertiary alicyclic amines) is 1. The first-order valence-electron chi connectivity index (χ1n) is 11.4. The van der Waals surface area contributed by atoms with E-state index in [1.54, 1.807) is 67.7 Å². The van der Waals surface area contributed by atoms with Crippen molar-refractivity contribution in [1.82, 2.24) is 15.5 Å². The highest BCUT2D eigenvalue weighted by atomic mass is 35.5. The maximum atomic E-state index is 13.0. The first-order valence-corrected chi connectivity index (χ1v) is 11.8. The normalized spacial score (nSPS) is 14.7. The average molecular weight is 503 g/mol. The second kappa shape index (κ2) is 13.0. The number of ether oxygens (including phenoxy) is 2. The van der Waals surface area contributed by atoms with Gasteiger partial charge in [0.15, 0.2) is 0 Å². The molecule has 9 nitrogen and oxygen atoms in total. The first-order chi connectivity index (χ1) is 16.9. The monoisotopic (exact) mass is 502 g/mol. The Balaban J connectivity index is 1.63. The van der Waals surface area contributed by atoms with Crippen molar-refractivity contribution in [2.24, 2.45) is 5.92 Å². The van der Waals surface area contributed by atoms with Crippen LogP contribution in [0.4, 0.5) is 10.5 Å². The zero-order valence-electron chi connectivity index (χ0n) is 19.9. The minimum Gasteiger partial charge on any atom is -0.497 e. The number of benzene rings is 2. The number of methoxy groups -OCH3 is 2. The van der Waals surface area contributed by atoms with E-state index in [-0.39, 0.29) is 23.8 Å². The van der Waals surface area contributed by atoms with E-state index >= 15 is 0 Å². The molecule has 1 heterocycles. The predicted octanol–water partition coefficient (Wildman–Crippen LogP) is 3.15. The van der Waals surface area contributed by atoms with Gasteiger partial charge in [0, 0.05) is 43.0 Å². The number of halogens is 1.